The molecule has 0 radical (unpaired) electrons. The Kier molecular flexibility index (Phi) is 4.12. The van der Waals surface area contributed by atoms with E-state index in [4.69, 9.17) is 16.6 Å². The first-order valence-electron chi connectivity index (χ1n) is 7.48. The maximum absolute atomic E-state index is 11.7. The maximum atomic E-state index is 11.7. The van der Waals surface area contributed by atoms with E-state index in [0.717, 1.165) is 47.7 Å². The Bertz CT molecular complexity index is 713. The van der Waals surface area contributed by atoms with Crippen LogP contribution in [0.1, 0.15) is 30.9 Å². The predicted molar refractivity (Wildman–Crippen MR) is 86.7 cm³/mol. The maximum Gasteiger partial charge on any atom is 0.219 e. The Balaban J connectivity index is 2.12. The Morgan fingerprint density at radius 2 is 2.00 bits per heavy atom. The van der Waals surface area contributed by atoms with Crippen molar-refractivity contribution >= 4 is 17.5 Å². The van der Waals surface area contributed by atoms with Gasteiger partial charge in [-0.2, -0.15) is 0 Å². The summed E-state index contributed by atoms with van der Waals surface area (Å²) in [6.07, 6.45) is 1.58. The summed E-state index contributed by atoms with van der Waals surface area (Å²) in [6.45, 7) is 4.96. The fourth-order valence-electron chi connectivity index (χ4n) is 2.74. The number of amides is 1. The van der Waals surface area contributed by atoms with E-state index in [2.05, 4.69) is 11.9 Å². The number of aromatic nitrogens is 2. The summed E-state index contributed by atoms with van der Waals surface area (Å²) >= 11 is 5.98. The third kappa shape index (κ3) is 2.83. The van der Waals surface area contributed by atoms with Gasteiger partial charge < -0.3 is 4.90 Å². The van der Waals surface area contributed by atoms with Gasteiger partial charge in [0, 0.05) is 49.0 Å². The van der Waals surface area contributed by atoms with E-state index in [1.165, 1.54) is 0 Å². The van der Waals surface area contributed by atoms with Gasteiger partial charge in [0.2, 0.25) is 5.91 Å². The van der Waals surface area contributed by atoms with E-state index in [-0.39, 0.29) is 5.91 Å². The van der Waals surface area contributed by atoms with Crippen LogP contribution in [0.2, 0.25) is 5.02 Å². The molecule has 0 fully saturated rings. The van der Waals surface area contributed by atoms with Gasteiger partial charge in [0.25, 0.3) is 0 Å². The van der Waals surface area contributed by atoms with Crippen LogP contribution >= 0.6 is 11.6 Å². The van der Waals surface area contributed by atoms with Gasteiger partial charge in [-0.05, 0) is 12.1 Å². The number of hydrogen-bond acceptors (Lipinski definition) is 3. The SMILES string of the molecule is CCc1nc2c(c(-c3ccc(Cl)cc3)n1)CN(C(C)=O)CC2. The summed E-state index contributed by atoms with van der Waals surface area (Å²) in [5, 5.41) is 0.702. The lowest BCUT2D eigenvalue weighted by Gasteiger charge is -2.29. The highest BCUT2D eigenvalue weighted by atomic mass is 35.5. The van der Waals surface area contributed by atoms with Crippen molar-refractivity contribution in [2.24, 2.45) is 0 Å². The van der Waals surface area contributed by atoms with Crippen LogP contribution in [0.5, 0.6) is 0 Å². The molecular formula is C17H18ClN3O. The summed E-state index contributed by atoms with van der Waals surface area (Å²) in [4.78, 5) is 22.9. The molecule has 0 saturated carbocycles. The van der Waals surface area contributed by atoms with Crippen LogP contribution in [0.4, 0.5) is 0 Å². The van der Waals surface area contributed by atoms with Crippen molar-refractivity contribution in [2.45, 2.75) is 33.2 Å². The smallest absolute Gasteiger partial charge is 0.219 e. The van der Waals surface area contributed by atoms with E-state index < -0.39 is 0 Å². The average Bonchev–Trinajstić information content (AvgIpc) is 2.54. The van der Waals surface area contributed by atoms with Crippen molar-refractivity contribution in [3.63, 3.8) is 0 Å². The van der Waals surface area contributed by atoms with Crippen molar-refractivity contribution in [2.75, 3.05) is 6.54 Å². The molecule has 5 heteroatoms. The Labute approximate surface area is 135 Å². The molecule has 114 valence electrons. The molecule has 0 saturated heterocycles. The van der Waals surface area contributed by atoms with Crippen molar-refractivity contribution in [1.29, 1.82) is 0 Å². The molecule has 0 spiro atoms. The van der Waals surface area contributed by atoms with Crippen molar-refractivity contribution < 1.29 is 4.79 Å². The van der Waals surface area contributed by atoms with E-state index in [0.29, 0.717) is 11.6 Å². The summed E-state index contributed by atoms with van der Waals surface area (Å²) < 4.78 is 0. The summed E-state index contributed by atoms with van der Waals surface area (Å²) in [5.74, 6) is 0.937. The Morgan fingerprint density at radius 3 is 2.64 bits per heavy atom. The zero-order valence-corrected chi connectivity index (χ0v) is 13.5. The molecule has 0 bridgehead atoms. The number of aryl methyl sites for hydroxylation is 1. The van der Waals surface area contributed by atoms with E-state index in [1.807, 2.05) is 29.2 Å². The van der Waals surface area contributed by atoms with Crippen LogP contribution in [0.15, 0.2) is 24.3 Å². The van der Waals surface area contributed by atoms with Gasteiger partial charge in [0.1, 0.15) is 5.82 Å². The lowest BCUT2D eigenvalue weighted by atomic mass is 9.99. The monoisotopic (exact) mass is 315 g/mol. The van der Waals surface area contributed by atoms with E-state index in [1.54, 1.807) is 6.92 Å². The van der Waals surface area contributed by atoms with Gasteiger partial charge in [-0.1, -0.05) is 30.7 Å². The van der Waals surface area contributed by atoms with E-state index in [9.17, 15) is 4.79 Å². The number of hydrogen-bond donors (Lipinski definition) is 0. The molecule has 4 nitrogen and oxygen atoms in total. The molecule has 1 aromatic heterocycles. The van der Waals surface area contributed by atoms with Crippen molar-refractivity contribution in [3.8, 4) is 11.3 Å². The average molecular weight is 316 g/mol. The second-order valence-electron chi connectivity index (χ2n) is 5.46. The first kappa shape index (κ1) is 15.0. The summed E-state index contributed by atoms with van der Waals surface area (Å²) in [6, 6.07) is 7.67. The van der Waals surface area contributed by atoms with Gasteiger partial charge in [-0.15, -0.1) is 0 Å². The van der Waals surface area contributed by atoms with Crippen molar-refractivity contribution in [3.05, 3.63) is 46.4 Å². The number of fused-ring (bicyclic) bond motifs is 1. The molecule has 3 rings (SSSR count). The predicted octanol–water partition coefficient (Wildman–Crippen LogP) is 3.26. The molecule has 0 N–H and O–H groups in total. The molecule has 1 aliphatic rings. The molecule has 1 aliphatic heterocycles. The largest absolute Gasteiger partial charge is 0.338 e. The highest BCUT2D eigenvalue weighted by Gasteiger charge is 2.24. The van der Waals surface area contributed by atoms with Crippen LogP contribution in [-0.2, 0) is 24.2 Å². The normalized spacial score (nSPS) is 13.9. The Hall–Kier alpha value is -1.94. The highest BCUT2D eigenvalue weighted by molar-refractivity contribution is 6.30. The second-order valence-corrected chi connectivity index (χ2v) is 5.90. The van der Waals surface area contributed by atoms with Crippen molar-refractivity contribution in [1.82, 2.24) is 14.9 Å². The minimum absolute atomic E-state index is 0.0901. The number of nitrogens with zero attached hydrogens (tertiary/aromatic N) is 3. The lowest BCUT2D eigenvalue weighted by Crippen LogP contribution is -2.35. The van der Waals surface area contributed by atoms with Crippen LogP contribution in [0.3, 0.4) is 0 Å². The van der Waals surface area contributed by atoms with Crippen LogP contribution < -0.4 is 0 Å². The summed E-state index contributed by atoms with van der Waals surface area (Å²) in [5.41, 5.74) is 4.06. The minimum Gasteiger partial charge on any atom is -0.338 e. The topological polar surface area (TPSA) is 46.1 Å². The van der Waals surface area contributed by atoms with Gasteiger partial charge in [-0.25, -0.2) is 9.97 Å². The number of carbonyl (C=O) groups excluding carboxylic acids is 1. The van der Waals surface area contributed by atoms with Crippen LogP contribution in [0.25, 0.3) is 11.3 Å². The lowest BCUT2D eigenvalue weighted by molar-refractivity contribution is -0.129. The van der Waals surface area contributed by atoms with Crippen LogP contribution in [-0.4, -0.2) is 27.3 Å². The third-order valence-corrected chi connectivity index (χ3v) is 4.24. The molecule has 2 heterocycles. The molecular weight excluding hydrogens is 298 g/mol. The highest BCUT2D eigenvalue weighted by Crippen LogP contribution is 2.29. The molecule has 22 heavy (non-hydrogen) atoms. The zero-order chi connectivity index (χ0) is 15.7. The first-order valence-corrected chi connectivity index (χ1v) is 7.86. The first-order chi connectivity index (χ1) is 10.6. The fraction of sp³-hybridized carbons (Fsp3) is 0.353. The molecule has 0 unspecified atom stereocenters. The molecule has 1 amide bonds. The van der Waals surface area contributed by atoms with Crippen LogP contribution in [0, 0.1) is 0 Å². The standard InChI is InChI=1S/C17H18ClN3O/c1-3-16-19-15-8-9-21(11(2)22)10-14(15)17(20-16)12-4-6-13(18)7-5-12/h4-7H,3,8-10H2,1-2H3. The number of rotatable bonds is 2. The number of halogens is 1. The number of carbonyl (C=O) groups is 1. The molecule has 0 atom stereocenters. The zero-order valence-electron chi connectivity index (χ0n) is 12.8. The summed E-state index contributed by atoms with van der Waals surface area (Å²) in [7, 11) is 0. The molecule has 2 aromatic rings. The van der Waals surface area contributed by atoms with Gasteiger partial charge in [0.15, 0.2) is 0 Å². The molecule has 1 aromatic carbocycles. The van der Waals surface area contributed by atoms with E-state index >= 15 is 0 Å². The van der Waals surface area contributed by atoms with Gasteiger partial charge in [0.05, 0.1) is 11.4 Å². The quantitative estimate of drug-likeness (QED) is 0.854. The van der Waals surface area contributed by atoms with Gasteiger partial charge >= 0.3 is 0 Å². The van der Waals surface area contributed by atoms with Gasteiger partial charge in [-0.3, -0.25) is 4.79 Å². The fourth-order valence-corrected chi connectivity index (χ4v) is 2.86. The molecule has 0 aliphatic carbocycles. The Morgan fingerprint density at radius 1 is 1.27 bits per heavy atom. The number of benzene rings is 1. The second kappa shape index (κ2) is 6.05. The third-order valence-electron chi connectivity index (χ3n) is 3.99. The minimum atomic E-state index is 0.0901.